The SMILES string of the molecule is C#CC(C)(C)NCc1cc2c(cc1SC)OCCO2. The van der Waals surface area contributed by atoms with E-state index >= 15 is 0 Å². The molecule has 0 bridgehead atoms. The van der Waals surface area contributed by atoms with Crippen LogP contribution in [0.2, 0.25) is 0 Å². The molecule has 0 aromatic heterocycles. The van der Waals surface area contributed by atoms with E-state index in [1.807, 2.05) is 26.0 Å². The van der Waals surface area contributed by atoms with Gasteiger partial charge in [0.25, 0.3) is 0 Å². The van der Waals surface area contributed by atoms with Gasteiger partial charge in [-0.25, -0.2) is 0 Å². The van der Waals surface area contributed by atoms with Crippen molar-refractivity contribution in [3.8, 4) is 23.8 Å². The van der Waals surface area contributed by atoms with Gasteiger partial charge in [0.15, 0.2) is 11.5 Å². The average molecular weight is 277 g/mol. The first-order chi connectivity index (χ1) is 9.05. The van der Waals surface area contributed by atoms with Crippen LogP contribution in [-0.2, 0) is 6.54 Å². The Morgan fingerprint density at radius 2 is 1.95 bits per heavy atom. The van der Waals surface area contributed by atoms with Crippen LogP contribution in [0.15, 0.2) is 17.0 Å². The lowest BCUT2D eigenvalue weighted by Gasteiger charge is -2.23. The van der Waals surface area contributed by atoms with Crippen LogP contribution in [0.4, 0.5) is 0 Å². The number of fused-ring (bicyclic) bond motifs is 1. The van der Waals surface area contributed by atoms with E-state index in [2.05, 4.69) is 17.5 Å². The zero-order valence-corrected chi connectivity index (χ0v) is 12.4. The third kappa shape index (κ3) is 3.37. The molecule has 0 fully saturated rings. The molecule has 0 spiro atoms. The predicted octanol–water partition coefficient (Wildman–Crippen LogP) is 2.68. The van der Waals surface area contributed by atoms with Gasteiger partial charge in [-0.3, -0.25) is 5.32 Å². The molecule has 0 atom stereocenters. The number of rotatable bonds is 4. The fourth-order valence-electron chi connectivity index (χ4n) is 1.81. The van der Waals surface area contributed by atoms with Crippen LogP contribution in [0.3, 0.4) is 0 Å². The molecular formula is C15H19NO2S. The minimum absolute atomic E-state index is 0.317. The fourth-order valence-corrected chi connectivity index (χ4v) is 2.43. The van der Waals surface area contributed by atoms with Crippen molar-refractivity contribution in [3.63, 3.8) is 0 Å². The summed E-state index contributed by atoms with van der Waals surface area (Å²) in [4.78, 5) is 1.18. The smallest absolute Gasteiger partial charge is 0.162 e. The van der Waals surface area contributed by atoms with Gasteiger partial charge in [0.2, 0.25) is 0 Å². The van der Waals surface area contributed by atoms with E-state index in [0.29, 0.717) is 19.8 Å². The monoisotopic (exact) mass is 277 g/mol. The Labute approximate surface area is 119 Å². The lowest BCUT2D eigenvalue weighted by atomic mass is 10.1. The summed E-state index contributed by atoms with van der Waals surface area (Å²) in [6.07, 6.45) is 7.55. The van der Waals surface area contributed by atoms with Gasteiger partial charge in [-0.1, -0.05) is 5.92 Å². The molecule has 1 N–H and O–H groups in total. The van der Waals surface area contributed by atoms with Crippen molar-refractivity contribution in [1.29, 1.82) is 0 Å². The van der Waals surface area contributed by atoms with Crippen LogP contribution < -0.4 is 14.8 Å². The molecule has 1 aromatic carbocycles. The standard InChI is InChI=1S/C15H19NO2S/c1-5-15(2,3)16-10-11-8-12-13(9-14(11)19-4)18-7-6-17-12/h1,8-9,16H,6-7,10H2,2-4H3. The largest absolute Gasteiger partial charge is 0.486 e. The van der Waals surface area contributed by atoms with Crippen LogP contribution in [0.25, 0.3) is 0 Å². The van der Waals surface area contributed by atoms with E-state index < -0.39 is 0 Å². The summed E-state index contributed by atoms with van der Waals surface area (Å²) in [7, 11) is 0. The summed E-state index contributed by atoms with van der Waals surface area (Å²) in [5.41, 5.74) is 0.864. The molecule has 1 heterocycles. The predicted molar refractivity (Wildman–Crippen MR) is 79.0 cm³/mol. The summed E-state index contributed by atoms with van der Waals surface area (Å²) < 4.78 is 11.2. The Morgan fingerprint density at radius 1 is 1.32 bits per heavy atom. The number of terminal acetylenes is 1. The van der Waals surface area contributed by atoms with Gasteiger partial charge in [-0.2, -0.15) is 0 Å². The van der Waals surface area contributed by atoms with Gasteiger partial charge in [0.1, 0.15) is 13.2 Å². The topological polar surface area (TPSA) is 30.5 Å². The van der Waals surface area contributed by atoms with Crippen molar-refractivity contribution in [1.82, 2.24) is 5.32 Å². The maximum absolute atomic E-state index is 5.62. The fraction of sp³-hybridized carbons (Fsp3) is 0.467. The molecule has 0 radical (unpaired) electrons. The third-order valence-electron chi connectivity index (χ3n) is 3.03. The Bertz CT molecular complexity index is 506. The van der Waals surface area contributed by atoms with Crippen molar-refractivity contribution >= 4 is 11.8 Å². The summed E-state index contributed by atoms with van der Waals surface area (Å²) in [6, 6.07) is 4.08. The number of thioether (sulfide) groups is 1. The molecular weight excluding hydrogens is 258 g/mol. The van der Waals surface area contributed by atoms with Crippen molar-refractivity contribution in [3.05, 3.63) is 17.7 Å². The van der Waals surface area contributed by atoms with Crippen LogP contribution in [-0.4, -0.2) is 25.0 Å². The van der Waals surface area contributed by atoms with E-state index in [1.165, 1.54) is 10.5 Å². The summed E-state index contributed by atoms with van der Waals surface area (Å²) in [5.74, 6) is 4.39. The quantitative estimate of drug-likeness (QED) is 0.677. The third-order valence-corrected chi connectivity index (χ3v) is 3.85. The van der Waals surface area contributed by atoms with E-state index in [-0.39, 0.29) is 5.54 Å². The Kier molecular flexibility index (Phi) is 4.28. The first kappa shape index (κ1) is 14.1. The van der Waals surface area contributed by atoms with Gasteiger partial charge in [0, 0.05) is 11.4 Å². The molecule has 0 unspecified atom stereocenters. The number of hydrogen-bond donors (Lipinski definition) is 1. The van der Waals surface area contributed by atoms with Crippen LogP contribution >= 0.6 is 11.8 Å². The zero-order chi connectivity index (χ0) is 13.9. The van der Waals surface area contributed by atoms with Crippen molar-refractivity contribution < 1.29 is 9.47 Å². The molecule has 2 rings (SSSR count). The van der Waals surface area contributed by atoms with Crippen molar-refractivity contribution in [2.24, 2.45) is 0 Å². The maximum Gasteiger partial charge on any atom is 0.162 e. The van der Waals surface area contributed by atoms with E-state index in [4.69, 9.17) is 15.9 Å². The molecule has 1 aromatic rings. The summed E-state index contributed by atoms with van der Waals surface area (Å²) in [6.45, 7) is 5.91. The van der Waals surface area contributed by atoms with Crippen molar-refractivity contribution in [2.75, 3.05) is 19.5 Å². The van der Waals surface area contributed by atoms with Gasteiger partial charge < -0.3 is 9.47 Å². The number of hydrogen-bond acceptors (Lipinski definition) is 4. The van der Waals surface area contributed by atoms with E-state index in [0.717, 1.165) is 11.5 Å². The molecule has 0 saturated carbocycles. The van der Waals surface area contributed by atoms with Gasteiger partial charge in [-0.05, 0) is 37.8 Å². The highest BCUT2D eigenvalue weighted by atomic mass is 32.2. The van der Waals surface area contributed by atoms with E-state index in [9.17, 15) is 0 Å². The Hall–Kier alpha value is -1.31. The van der Waals surface area contributed by atoms with Gasteiger partial charge >= 0.3 is 0 Å². The number of ether oxygens (including phenoxy) is 2. The molecule has 19 heavy (non-hydrogen) atoms. The minimum atomic E-state index is -0.317. The second kappa shape index (κ2) is 5.77. The van der Waals surface area contributed by atoms with Gasteiger partial charge in [0.05, 0.1) is 5.54 Å². The van der Waals surface area contributed by atoms with Crippen LogP contribution in [0, 0.1) is 12.3 Å². The van der Waals surface area contributed by atoms with Crippen LogP contribution in [0.5, 0.6) is 11.5 Å². The Balaban J connectivity index is 2.22. The molecule has 4 heteroatoms. The molecule has 1 aliphatic rings. The first-order valence-electron chi connectivity index (χ1n) is 6.25. The summed E-state index contributed by atoms with van der Waals surface area (Å²) >= 11 is 1.70. The highest BCUT2D eigenvalue weighted by molar-refractivity contribution is 7.98. The van der Waals surface area contributed by atoms with Crippen LogP contribution in [0.1, 0.15) is 19.4 Å². The normalized spacial score (nSPS) is 14.0. The number of benzene rings is 1. The second-order valence-electron chi connectivity index (χ2n) is 4.93. The molecule has 1 aliphatic heterocycles. The van der Waals surface area contributed by atoms with E-state index in [1.54, 1.807) is 11.8 Å². The highest BCUT2D eigenvalue weighted by Gasteiger charge is 2.18. The molecule has 3 nitrogen and oxygen atoms in total. The molecule has 0 saturated heterocycles. The molecule has 0 amide bonds. The number of nitrogens with one attached hydrogen (secondary N) is 1. The second-order valence-corrected chi connectivity index (χ2v) is 5.78. The lowest BCUT2D eigenvalue weighted by molar-refractivity contribution is 0.171. The zero-order valence-electron chi connectivity index (χ0n) is 11.6. The summed E-state index contributed by atoms with van der Waals surface area (Å²) in [5, 5.41) is 3.36. The highest BCUT2D eigenvalue weighted by Crippen LogP contribution is 2.36. The molecule has 102 valence electrons. The first-order valence-corrected chi connectivity index (χ1v) is 7.47. The molecule has 0 aliphatic carbocycles. The van der Waals surface area contributed by atoms with Gasteiger partial charge in [-0.15, -0.1) is 18.2 Å². The minimum Gasteiger partial charge on any atom is -0.486 e. The maximum atomic E-state index is 5.62. The lowest BCUT2D eigenvalue weighted by Crippen LogP contribution is -2.37. The Morgan fingerprint density at radius 3 is 2.53 bits per heavy atom. The average Bonchev–Trinajstić information content (AvgIpc) is 2.44. The van der Waals surface area contributed by atoms with Crippen molar-refractivity contribution in [2.45, 2.75) is 30.8 Å².